The molecule has 6 nitrogen and oxygen atoms in total. The first-order chi connectivity index (χ1) is 14.0. The number of ketones is 1. The maximum absolute atomic E-state index is 12.5. The van der Waals surface area contributed by atoms with Gasteiger partial charge in [0.15, 0.2) is 5.78 Å². The predicted octanol–water partition coefficient (Wildman–Crippen LogP) is 4.52. The molecule has 0 aromatic heterocycles. The van der Waals surface area contributed by atoms with Gasteiger partial charge in [0.2, 0.25) is 0 Å². The molecule has 29 heavy (non-hydrogen) atoms. The first-order valence-electron chi connectivity index (χ1n) is 9.53. The Balaban J connectivity index is 2.12. The van der Waals surface area contributed by atoms with Gasteiger partial charge >= 0.3 is 11.9 Å². The third kappa shape index (κ3) is 6.92. The Labute approximate surface area is 170 Å². The summed E-state index contributed by atoms with van der Waals surface area (Å²) in [6.45, 7) is 4.00. The van der Waals surface area contributed by atoms with Crippen LogP contribution in [-0.4, -0.2) is 24.3 Å². The fraction of sp³-hybridized carbons (Fsp3) is 0.261. The van der Waals surface area contributed by atoms with E-state index in [1.54, 1.807) is 49.4 Å². The van der Waals surface area contributed by atoms with Gasteiger partial charge in [-0.3, -0.25) is 4.79 Å². The van der Waals surface area contributed by atoms with Crippen LogP contribution in [0, 0.1) is 0 Å². The van der Waals surface area contributed by atoms with Crippen molar-refractivity contribution in [2.45, 2.75) is 33.3 Å². The van der Waals surface area contributed by atoms with Gasteiger partial charge in [0.05, 0.1) is 12.2 Å². The number of carbonyl (C=O) groups is 3. The van der Waals surface area contributed by atoms with E-state index in [1.807, 2.05) is 13.0 Å². The maximum atomic E-state index is 12.5. The van der Waals surface area contributed by atoms with E-state index in [0.29, 0.717) is 41.8 Å². The first-order valence-corrected chi connectivity index (χ1v) is 9.53. The summed E-state index contributed by atoms with van der Waals surface area (Å²) in [5, 5.41) is 2.95. The van der Waals surface area contributed by atoms with Crippen molar-refractivity contribution in [1.29, 1.82) is 0 Å². The van der Waals surface area contributed by atoms with Crippen LogP contribution in [0.2, 0.25) is 0 Å². The quantitative estimate of drug-likeness (QED) is 0.362. The molecule has 2 aromatic carbocycles. The normalized spacial score (nSPS) is 10.6. The van der Waals surface area contributed by atoms with E-state index in [2.05, 4.69) is 5.32 Å². The van der Waals surface area contributed by atoms with Gasteiger partial charge in [0, 0.05) is 29.9 Å². The first kappa shape index (κ1) is 21.9. The Bertz CT molecular complexity index is 874. The summed E-state index contributed by atoms with van der Waals surface area (Å²) in [4.78, 5) is 36.0. The van der Waals surface area contributed by atoms with E-state index in [1.165, 1.54) is 12.3 Å². The van der Waals surface area contributed by atoms with Gasteiger partial charge in [-0.05, 0) is 43.2 Å². The zero-order valence-electron chi connectivity index (χ0n) is 16.6. The molecule has 1 N–H and O–H groups in total. The number of benzene rings is 2. The van der Waals surface area contributed by atoms with Crippen LogP contribution >= 0.6 is 0 Å². The number of esters is 2. The average molecular weight is 395 g/mol. The van der Waals surface area contributed by atoms with Gasteiger partial charge in [0.25, 0.3) is 0 Å². The lowest BCUT2D eigenvalue weighted by atomic mass is 10.0. The van der Waals surface area contributed by atoms with E-state index in [9.17, 15) is 14.4 Å². The molecule has 0 aliphatic heterocycles. The van der Waals surface area contributed by atoms with Crippen LogP contribution in [0.3, 0.4) is 0 Å². The predicted molar refractivity (Wildman–Crippen MR) is 111 cm³/mol. The summed E-state index contributed by atoms with van der Waals surface area (Å²) in [5.74, 6) is -0.923. The highest BCUT2D eigenvalue weighted by molar-refractivity contribution is 6.01. The van der Waals surface area contributed by atoms with Crippen LogP contribution in [0.4, 0.5) is 5.69 Å². The van der Waals surface area contributed by atoms with Gasteiger partial charge in [0.1, 0.15) is 6.61 Å². The molecular weight excluding hydrogens is 370 g/mol. The molecule has 0 saturated heterocycles. The molecule has 0 heterocycles. The van der Waals surface area contributed by atoms with Crippen LogP contribution in [0.25, 0.3) is 0 Å². The Morgan fingerprint density at radius 1 is 1.00 bits per heavy atom. The zero-order valence-corrected chi connectivity index (χ0v) is 16.6. The summed E-state index contributed by atoms with van der Waals surface area (Å²) < 4.78 is 10.2. The minimum absolute atomic E-state index is 0.0317. The Morgan fingerprint density at radius 3 is 2.45 bits per heavy atom. The molecule has 0 amide bonds. The Kier molecular flexibility index (Phi) is 8.63. The topological polar surface area (TPSA) is 81.7 Å². The van der Waals surface area contributed by atoms with E-state index >= 15 is 0 Å². The number of ether oxygens (including phenoxy) is 2. The van der Waals surface area contributed by atoms with Crippen molar-refractivity contribution in [1.82, 2.24) is 0 Å². The molecule has 0 spiro atoms. The highest BCUT2D eigenvalue weighted by Crippen LogP contribution is 2.21. The maximum Gasteiger partial charge on any atom is 0.338 e. The fourth-order valence-corrected chi connectivity index (χ4v) is 2.60. The minimum atomic E-state index is -0.467. The number of carbonyl (C=O) groups excluding carboxylic acids is 3. The number of hydrogen-bond acceptors (Lipinski definition) is 6. The number of Topliss-reactive ketones (excluding diaryl/α,β-unsaturated/α-hetero) is 1. The molecule has 0 atom stereocenters. The summed E-state index contributed by atoms with van der Waals surface area (Å²) in [7, 11) is 0. The van der Waals surface area contributed by atoms with E-state index in [4.69, 9.17) is 9.47 Å². The lowest BCUT2D eigenvalue weighted by molar-refractivity contribution is -0.137. The molecule has 0 saturated carbocycles. The van der Waals surface area contributed by atoms with Crippen LogP contribution in [0.5, 0.6) is 0 Å². The molecule has 0 bridgehead atoms. The fourth-order valence-electron chi connectivity index (χ4n) is 2.60. The lowest BCUT2D eigenvalue weighted by Gasteiger charge is -2.11. The lowest BCUT2D eigenvalue weighted by Crippen LogP contribution is -2.08. The zero-order chi connectivity index (χ0) is 21.1. The molecule has 2 aromatic rings. The molecule has 0 fully saturated rings. The Hall–Kier alpha value is -3.41. The standard InChI is InChI=1S/C23H25NO5/c1-3-8-21(25)19-15-17(16-29-23(27)18-9-6-5-7-10-18)11-12-20(19)24-14-13-22(26)28-4-2/h5-7,9-15,24H,3-4,8,16H2,1-2H3/b14-13+. The van der Waals surface area contributed by atoms with Crippen LogP contribution < -0.4 is 5.32 Å². The highest BCUT2D eigenvalue weighted by Gasteiger charge is 2.13. The largest absolute Gasteiger partial charge is 0.463 e. The van der Waals surface area contributed by atoms with Gasteiger partial charge in [-0.15, -0.1) is 0 Å². The van der Waals surface area contributed by atoms with Crippen LogP contribution in [-0.2, 0) is 20.9 Å². The summed E-state index contributed by atoms with van der Waals surface area (Å²) >= 11 is 0. The second kappa shape index (κ2) is 11.4. The second-order valence-electron chi connectivity index (χ2n) is 6.22. The Morgan fingerprint density at radius 2 is 1.76 bits per heavy atom. The summed E-state index contributed by atoms with van der Waals surface area (Å²) in [5.41, 5.74) is 2.22. The van der Waals surface area contributed by atoms with E-state index in [-0.39, 0.29) is 12.4 Å². The number of hydrogen-bond donors (Lipinski definition) is 1. The summed E-state index contributed by atoms with van der Waals surface area (Å²) in [6.07, 6.45) is 3.80. The average Bonchev–Trinajstić information content (AvgIpc) is 2.73. The van der Waals surface area contributed by atoms with Crippen molar-refractivity contribution in [2.24, 2.45) is 0 Å². The van der Waals surface area contributed by atoms with Crippen molar-refractivity contribution >= 4 is 23.4 Å². The smallest absolute Gasteiger partial charge is 0.338 e. The van der Waals surface area contributed by atoms with Crippen molar-refractivity contribution in [3.05, 3.63) is 77.5 Å². The van der Waals surface area contributed by atoms with Crippen LogP contribution in [0.15, 0.2) is 60.8 Å². The SMILES string of the molecule is CCCC(=O)c1cc(COC(=O)c2ccccc2)ccc1N/C=C/C(=O)OCC. The van der Waals surface area contributed by atoms with Gasteiger partial charge in [-0.25, -0.2) is 9.59 Å². The molecule has 0 radical (unpaired) electrons. The van der Waals surface area contributed by atoms with Crippen molar-refractivity contribution in [3.63, 3.8) is 0 Å². The van der Waals surface area contributed by atoms with Crippen molar-refractivity contribution in [3.8, 4) is 0 Å². The van der Waals surface area contributed by atoms with Gasteiger partial charge < -0.3 is 14.8 Å². The molecule has 0 aliphatic rings. The van der Waals surface area contributed by atoms with Gasteiger partial charge in [-0.2, -0.15) is 0 Å². The molecule has 6 heteroatoms. The van der Waals surface area contributed by atoms with E-state index in [0.717, 1.165) is 0 Å². The number of anilines is 1. The molecular formula is C23H25NO5. The third-order valence-corrected chi connectivity index (χ3v) is 3.99. The monoisotopic (exact) mass is 395 g/mol. The van der Waals surface area contributed by atoms with E-state index < -0.39 is 11.9 Å². The van der Waals surface area contributed by atoms with Crippen molar-refractivity contribution < 1.29 is 23.9 Å². The molecule has 0 unspecified atom stereocenters. The third-order valence-electron chi connectivity index (χ3n) is 3.99. The number of nitrogens with one attached hydrogen (secondary N) is 1. The molecule has 0 aliphatic carbocycles. The highest BCUT2D eigenvalue weighted by atomic mass is 16.5. The minimum Gasteiger partial charge on any atom is -0.463 e. The summed E-state index contributed by atoms with van der Waals surface area (Å²) in [6, 6.07) is 13.9. The number of rotatable bonds is 10. The molecule has 2 rings (SSSR count). The second-order valence-corrected chi connectivity index (χ2v) is 6.22. The van der Waals surface area contributed by atoms with Crippen molar-refractivity contribution in [2.75, 3.05) is 11.9 Å². The van der Waals surface area contributed by atoms with Gasteiger partial charge in [-0.1, -0.05) is 31.2 Å². The van der Waals surface area contributed by atoms with Crippen LogP contribution in [0.1, 0.15) is 53.0 Å². The molecule has 152 valence electrons.